The minimum Gasteiger partial charge on any atom is -0.394 e. The zero-order valence-electron chi connectivity index (χ0n) is 7.20. The van der Waals surface area contributed by atoms with Crippen LogP contribution in [0.2, 0.25) is 0 Å². The molecule has 0 saturated heterocycles. The van der Waals surface area contributed by atoms with Crippen molar-refractivity contribution in [2.75, 3.05) is 5.73 Å². The maximum atomic E-state index is 12.4. The van der Waals surface area contributed by atoms with Crippen LogP contribution in [0.5, 0.6) is 0 Å². The second kappa shape index (κ2) is 3.59. The molecule has 9 heteroatoms. The van der Waals surface area contributed by atoms with Crippen LogP contribution in [0, 0.1) is 0 Å². The van der Waals surface area contributed by atoms with Gasteiger partial charge in [-0.3, -0.25) is 4.79 Å². The van der Waals surface area contributed by atoms with Crippen LogP contribution in [0.1, 0.15) is 12.0 Å². The average molecular weight is 239 g/mol. The van der Waals surface area contributed by atoms with E-state index in [2.05, 4.69) is 5.14 Å². The second-order valence-corrected chi connectivity index (χ2v) is 4.18. The topological polar surface area (TPSA) is 119 Å². The Morgan fingerprint density at radius 1 is 1.40 bits per heavy atom. The lowest BCUT2D eigenvalue weighted by atomic mass is 10.3. The van der Waals surface area contributed by atoms with E-state index in [1.54, 1.807) is 4.98 Å². The summed E-state index contributed by atoms with van der Waals surface area (Å²) in [5, 5.41) is 3.63. The minimum absolute atomic E-state index is 0.502. The standard InChI is InChI=1S/C6H7F2N3O3S/c7-4(8)2-1-3(9)5(12)11-6(2)15(10,13)14/h1,4H,9H2,(H,11,12)(H2,10,13,14). The van der Waals surface area contributed by atoms with Crippen molar-refractivity contribution in [2.24, 2.45) is 5.14 Å². The van der Waals surface area contributed by atoms with Gasteiger partial charge in [0, 0.05) is 0 Å². The first-order valence-corrected chi connectivity index (χ1v) is 5.11. The Labute approximate surface area is 82.9 Å². The van der Waals surface area contributed by atoms with Gasteiger partial charge in [-0.25, -0.2) is 22.3 Å². The predicted octanol–water partition coefficient (Wildman–Crippen LogP) is -0.458. The van der Waals surface area contributed by atoms with E-state index >= 15 is 0 Å². The van der Waals surface area contributed by atoms with Crippen LogP contribution in [0.15, 0.2) is 15.9 Å². The second-order valence-electron chi connectivity index (χ2n) is 2.68. The smallest absolute Gasteiger partial charge is 0.272 e. The average Bonchev–Trinajstić information content (AvgIpc) is 2.06. The normalized spacial score (nSPS) is 12.0. The summed E-state index contributed by atoms with van der Waals surface area (Å²) in [4.78, 5) is 12.6. The molecule has 0 aliphatic carbocycles. The molecule has 0 unspecified atom stereocenters. The van der Waals surface area contributed by atoms with Crippen molar-refractivity contribution in [3.63, 3.8) is 0 Å². The van der Waals surface area contributed by atoms with Crippen LogP contribution in [-0.2, 0) is 10.0 Å². The van der Waals surface area contributed by atoms with Crippen molar-refractivity contribution in [1.29, 1.82) is 0 Å². The highest BCUT2D eigenvalue weighted by Crippen LogP contribution is 2.24. The molecule has 0 saturated carbocycles. The van der Waals surface area contributed by atoms with E-state index in [1.165, 1.54) is 0 Å². The lowest BCUT2D eigenvalue weighted by Crippen LogP contribution is -2.23. The molecule has 1 aromatic heterocycles. The number of halogens is 2. The Balaban J connectivity index is 3.64. The summed E-state index contributed by atoms with van der Waals surface area (Å²) in [5.74, 6) is 0. The van der Waals surface area contributed by atoms with Gasteiger partial charge in [-0.1, -0.05) is 0 Å². The number of sulfonamides is 1. The Hall–Kier alpha value is -1.48. The largest absolute Gasteiger partial charge is 0.394 e. The van der Waals surface area contributed by atoms with Gasteiger partial charge in [0.05, 0.1) is 11.3 Å². The molecule has 1 heterocycles. The molecule has 0 atom stereocenters. The molecule has 6 nitrogen and oxygen atoms in total. The van der Waals surface area contributed by atoms with Gasteiger partial charge in [-0.15, -0.1) is 0 Å². The third-order valence-corrected chi connectivity index (χ3v) is 2.49. The Morgan fingerprint density at radius 2 is 1.93 bits per heavy atom. The van der Waals surface area contributed by atoms with Crippen LogP contribution in [0.4, 0.5) is 14.5 Å². The Bertz CT molecular complexity index is 537. The van der Waals surface area contributed by atoms with Crippen LogP contribution in [0.25, 0.3) is 0 Å². The van der Waals surface area contributed by atoms with E-state index < -0.39 is 38.3 Å². The fourth-order valence-corrected chi connectivity index (χ4v) is 1.66. The van der Waals surface area contributed by atoms with E-state index in [-0.39, 0.29) is 0 Å². The maximum Gasteiger partial charge on any atom is 0.272 e. The molecule has 0 aromatic carbocycles. The van der Waals surface area contributed by atoms with Crippen LogP contribution < -0.4 is 16.4 Å². The summed E-state index contributed by atoms with van der Waals surface area (Å²) < 4.78 is 46.5. The van der Waals surface area contributed by atoms with Crippen molar-refractivity contribution in [3.8, 4) is 0 Å². The highest BCUT2D eigenvalue weighted by atomic mass is 32.2. The Kier molecular flexibility index (Phi) is 2.77. The lowest BCUT2D eigenvalue weighted by molar-refractivity contribution is 0.147. The fourth-order valence-electron chi connectivity index (χ4n) is 0.944. The molecule has 0 aliphatic rings. The number of primary sulfonamides is 1. The highest BCUT2D eigenvalue weighted by molar-refractivity contribution is 7.89. The molecular weight excluding hydrogens is 232 g/mol. The zero-order valence-corrected chi connectivity index (χ0v) is 8.01. The molecule has 84 valence electrons. The number of rotatable bonds is 2. The predicted molar refractivity (Wildman–Crippen MR) is 47.8 cm³/mol. The molecule has 0 radical (unpaired) electrons. The van der Waals surface area contributed by atoms with Gasteiger partial charge in [0.15, 0.2) is 5.03 Å². The van der Waals surface area contributed by atoms with Crippen molar-refractivity contribution >= 4 is 15.7 Å². The molecule has 5 N–H and O–H groups in total. The van der Waals surface area contributed by atoms with Crippen molar-refractivity contribution < 1.29 is 17.2 Å². The maximum absolute atomic E-state index is 12.4. The molecule has 0 bridgehead atoms. The van der Waals surface area contributed by atoms with Gasteiger partial charge in [0.1, 0.15) is 0 Å². The van der Waals surface area contributed by atoms with Gasteiger partial charge >= 0.3 is 0 Å². The van der Waals surface area contributed by atoms with Crippen molar-refractivity contribution in [3.05, 3.63) is 22.0 Å². The number of H-pyrrole nitrogens is 1. The number of hydrogen-bond donors (Lipinski definition) is 3. The van der Waals surface area contributed by atoms with Crippen LogP contribution in [-0.4, -0.2) is 13.4 Å². The molecule has 0 amide bonds. The van der Waals surface area contributed by atoms with Crippen molar-refractivity contribution in [1.82, 2.24) is 4.98 Å². The van der Waals surface area contributed by atoms with Gasteiger partial charge in [-0.05, 0) is 6.07 Å². The van der Waals surface area contributed by atoms with Gasteiger partial charge in [0.2, 0.25) is 0 Å². The summed E-state index contributed by atoms with van der Waals surface area (Å²) in [6, 6.07) is 0.587. The van der Waals surface area contributed by atoms with Gasteiger partial charge in [0.25, 0.3) is 22.0 Å². The third-order valence-electron chi connectivity index (χ3n) is 1.58. The fraction of sp³-hybridized carbons (Fsp3) is 0.167. The van der Waals surface area contributed by atoms with E-state index in [0.717, 1.165) is 0 Å². The molecule has 0 spiro atoms. The van der Waals surface area contributed by atoms with Crippen molar-refractivity contribution in [2.45, 2.75) is 11.5 Å². The van der Waals surface area contributed by atoms with Gasteiger partial charge in [-0.2, -0.15) is 0 Å². The number of nitrogens with one attached hydrogen (secondary N) is 1. The first-order valence-electron chi connectivity index (χ1n) is 3.57. The Morgan fingerprint density at radius 3 is 2.33 bits per heavy atom. The first-order chi connectivity index (χ1) is 6.73. The summed E-state index contributed by atoms with van der Waals surface area (Å²) in [6.45, 7) is 0. The SMILES string of the molecule is Nc1cc(C(F)F)c(S(N)(=O)=O)[nH]c1=O. The number of nitrogen functional groups attached to an aromatic ring is 1. The summed E-state index contributed by atoms with van der Waals surface area (Å²) in [5.41, 5.74) is 2.65. The number of aromatic amines is 1. The monoisotopic (exact) mass is 239 g/mol. The van der Waals surface area contributed by atoms with E-state index in [9.17, 15) is 22.0 Å². The number of anilines is 1. The minimum atomic E-state index is -4.41. The lowest BCUT2D eigenvalue weighted by Gasteiger charge is -2.06. The third kappa shape index (κ3) is 2.30. The number of hydrogen-bond acceptors (Lipinski definition) is 4. The van der Waals surface area contributed by atoms with Crippen LogP contribution >= 0.6 is 0 Å². The number of aromatic nitrogens is 1. The van der Waals surface area contributed by atoms with E-state index in [4.69, 9.17) is 5.73 Å². The number of pyridine rings is 1. The molecule has 1 rings (SSSR count). The first kappa shape index (κ1) is 11.6. The summed E-state index contributed by atoms with van der Waals surface area (Å²) in [7, 11) is -4.41. The molecule has 0 fully saturated rings. The van der Waals surface area contributed by atoms with E-state index in [1.807, 2.05) is 0 Å². The number of alkyl halides is 2. The molecule has 1 aromatic rings. The highest BCUT2D eigenvalue weighted by Gasteiger charge is 2.22. The molecular formula is C6H7F2N3O3S. The van der Waals surface area contributed by atoms with Gasteiger partial charge < -0.3 is 10.7 Å². The summed E-state index contributed by atoms with van der Waals surface area (Å²) in [6.07, 6.45) is -3.10. The number of nitrogens with two attached hydrogens (primary N) is 2. The molecule has 15 heavy (non-hydrogen) atoms. The summed E-state index contributed by atoms with van der Waals surface area (Å²) >= 11 is 0. The van der Waals surface area contributed by atoms with E-state index in [0.29, 0.717) is 6.07 Å². The quantitative estimate of drug-likeness (QED) is 0.647. The van der Waals surface area contributed by atoms with Crippen LogP contribution in [0.3, 0.4) is 0 Å². The zero-order chi connectivity index (χ0) is 11.8. The molecule has 0 aliphatic heterocycles.